The third-order valence-electron chi connectivity index (χ3n) is 3.69. The summed E-state index contributed by atoms with van der Waals surface area (Å²) in [6, 6.07) is 13.4. The number of nitrogens with zero attached hydrogens (tertiary/aromatic N) is 3. The first kappa shape index (κ1) is 18.9. The van der Waals surface area contributed by atoms with Crippen molar-refractivity contribution in [3.8, 4) is 0 Å². The Balaban J connectivity index is 1.75. The zero-order valence-corrected chi connectivity index (χ0v) is 17.2. The fourth-order valence-electron chi connectivity index (χ4n) is 2.37. The molecule has 0 saturated heterocycles. The Bertz CT molecular complexity index is 1190. The molecule has 28 heavy (non-hydrogen) atoms. The first-order valence-corrected chi connectivity index (χ1v) is 10.4. The van der Waals surface area contributed by atoms with Crippen molar-refractivity contribution in [3.05, 3.63) is 80.5 Å². The molecular formula is C19H10BrF2N3OS2. The topological polar surface area (TPSA) is 45.6 Å². The Morgan fingerprint density at radius 2 is 1.79 bits per heavy atom. The van der Waals surface area contributed by atoms with Gasteiger partial charge in [0.25, 0.3) is 5.91 Å². The van der Waals surface area contributed by atoms with E-state index < -0.39 is 0 Å². The molecule has 2 aromatic heterocycles. The molecule has 4 rings (SSSR count). The maximum Gasteiger partial charge on any atom is 0.290 e. The van der Waals surface area contributed by atoms with Crippen LogP contribution in [0.3, 0.4) is 0 Å². The number of fused-ring (bicyclic) bond motifs is 1. The van der Waals surface area contributed by atoms with Gasteiger partial charge in [0, 0.05) is 0 Å². The molecule has 140 valence electrons. The van der Waals surface area contributed by atoms with E-state index in [2.05, 4.69) is 26.0 Å². The summed E-state index contributed by atoms with van der Waals surface area (Å²) in [7, 11) is 0. The van der Waals surface area contributed by atoms with E-state index in [1.165, 1.54) is 46.8 Å². The molecule has 9 heteroatoms. The largest absolute Gasteiger partial charge is 0.290 e. The van der Waals surface area contributed by atoms with Gasteiger partial charge in [-0.3, -0.25) is 4.79 Å². The summed E-state index contributed by atoms with van der Waals surface area (Å²) in [6.45, 7) is 0. The number of rotatable bonds is 4. The number of hydrogen-bond acceptors (Lipinski definition) is 5. The summed E-state index contributed by atoms with van der Waals surface area (Å²) in [4.78, 5) is 17.9. The summed E-state index contributed by atoms with van der Waals surface area (Å²) < 4.78 is 28.0. The zero-order chi connectivity index (χ0) is 19.7. The van der Waals surface area contributed by atoms with Crippen LogP contribution in [0.1, 0.15) is 15.2 Å². The van der Waals surface area contributed by atoms with E-state index >= 15 is 0 Å². The number of hydrazone groups is 1. The SMILES string of the molecule is O=C(c1ccc(Br)s1)N(/N=C/c1ccc(F)cc1)c1nc2ccc(F)cc2s1. The molecule has 0 fully saturated rings. The van der Waals surface area contributed by atoms with Crippen LogP contribution in [0.25, 0.3) is 10.2 Å². The van der Waals surface area contributed by atoms with Gasteiger partial charge >= 0.3 is 0 Å². The van der Waals surface area contributed by atoms with Gasteiger partial charge in [-0.25, -0.2) is 13.8 Å². The second-order valence-corrected chi connectivity index (χ2v) is 9.10. The number of carbonyl (C=O) groups is 1. The molecule has 4 aromatic rings. The molecule has 0 saturated carbocycles. The molecule has 2 heterocycles. The monoisotopic (exact) mass is 477 g/mol. The molecule has 0 bridgehead atoms. The van der Waals surface area contributed by atoms with Gasteiger partial charge in [-0.15, -0.1) is 11.3 Å². The molecule has 0 unspecified atom stereocenters. The van der Waals surface area contributed by atoms with Crippen LogP contribution in [0, 0.1) is 11.6 Å². The third-order valence-corrected chi connectivity index (χ3v) is 6.29. The van der Waals surface area contributed by atoms with Crippen LogP contribution in [0.5, 0.6) is 0 Å². The quantitative estimate of drug-likeness (QED) is 0.264. The van der Waals surface area contributed by atoms with Crippen molar-refractivity contribution >= 4 is 66.1 Å². The van der Waals surface area contributed by atoms with Crippen LogP contribution in [0.4, 0.5) is 13.9 Å². The number of anilines is 1. The second kappa shape index (κ2) is 7.86. The Labute approximate surface area is 174 Å². The number of carbonyl (C=O) groups excluding carboxylic acids is 1. The van der Waals surface area contributed by atoms with Crippen molar-refractivity contribution in [2.75, 3.05) is 5.01 Å². The highest BCUT2D eigenvalue weighted by molar-refractivity contribution is 9.11. The maximum atomic E-state index is 13.5. The molecule has 0 radical (unpaired) electrons. The number of thiazole rings is 1. The normalized spacial score (nSPS) is 11.4. The molecule has 0 spiro atoms. The predicted octanol–water partition coefficient (Wildman–Crippen LogP) is 6.08. The van der Waals surface area contributed by atoms with Crippen molar-refractivity contribution in [3.63, 3.8) is 0 Å². The van der Waals surface area contributed by atoms with Crippen molar-refractivity contribution < 1.29 is 13.6 Å². The Morgan fingerprint density at radius 1 is 1.04 bits per heavy atom. The van der Waals surface area contributed by atoms with E-state index in [0.717, 1.165) is 15.1 Å². The number of amides is 1. The summed E-state index contributed by atoms with van der Waals surface area (Å²) in [5, 5.41) is 5.76. The fraction of sp³-hybridized carbons (Fsp3) is 0. The fourth-order valence-corrected chi connectivity index (χ4v) is 4.63. The molecule has 0 aliphatic rings. The lowest BCUT2D eigenvalue weighted by molar-refractivity contribution is 0.0991. The van der Waals surface area contributed by atoms with E-state index in [-0.39, 0.29) is 17.5 Å². The Hall–Kier alpha value is -2.49. The summed E-state index contributed by atoms with van der Waals surface area (Å²) in [6.07, 6.45) is 1.45. The van der Waals surface area contributed by atoms with Crippen LogP contribution in [0.15, 0.2) is 63.5 Å². The summed E-state index contributed by atoms with van der Waals surface area (Å²) in [5.41, 5.74) is 1.20. The van der Waals surface area contributed by atoms with Gasteiger partial charge in [-0.2, -0.15) is 10.1 Å². The van der Waals surface area contributed by atoms with Crippen LogP contribution >= 0.6 is 38.6 Å². The smallest absolute Gasteiger partial charge is 0.266 e. The molecule has 0 N–H and O–H groups in total. The maximum absolute atomic E-state index is 13.5. The van der Waals surface area contributed by atoms with Crippen molar-refractivity contribution in [2.45, 2.75) is 0 Å². The van der Waals surface area contributed by atoms with E-state index in [4.69, 9.17) is 0 Å². The first-order valence-electron chi connectivity index (χ1n) is 7.95. The average Bonchev–Trinajstić information content (AvgIpc) is 3.29. The molecule has 1 amide bonds. The van der Waals surface area contributed by atoms with Gasteiger partial charge < -0.3 is 0 Å². The van der Waals surface area contributed by atoms with E-state index in [1.54, 1.807) is 30.3 Å². The zero-order valence-electron chi connectivity index (χ0n) is 14.0. The summed E-state index contributed by atoms with van der Waals surface area (Å²) in [5.74, 6) is -1.10. The minimum atomic E-state index is -0.377. The van der Waals surface area contributed by atoms with Crippen LogP contribution in [0.2, 0.25) is 0 Å². The van der Waals surface area contributed by atoms with Crippen LogP contribution < -0.4 is 5.01 Å². The van der Waals surface area contributed by atoms with E-state index in [0.29, 0.717) is 25.8 Å². The van der Waals surface area contributed by atoms with Crippen molar-refractivity contribution in [1.29, 1.82) is 0 Å². The molecule has 0 aliphatic carbocycles. The third kappa shape index (κ3) is 4.01. The van der Waals surface area contributed by atoms with Gasteiger partial charge in [-0.05, 0) is 64.0 Å². The number of benzene rings is 2. The van der Waals surface area contributed by atoms with Gasteiger partial charge in [0.15, 0.2) is 0 Å². The van der Waals surface area contributed by atoms with E-state index in [9.17, 15) is 13.6 Å². The molecule has 0 aliphatic heterocycles. The highest BCUT2D eigenvalue weighted by atomic mass is 79.9. The molecular weight excluding hydrogens is 468 g/mol. The first-order chi connectivity index (χ1) is 13.5. The highest BCUT2D eigenvalue weighted by Crippen LogP contribution is 2.32. The lowest BCUT2D eigenvalue weighted by Crippen LogP contribution is -2.24. The number of thiophene rings is 1. The average molecular weight is 478 g/mol. The Kier molecular flexibility index (Phi) is 5.29. The number of aromatic nitrogens is 1. The lowest BCUT2D eigenvalue weighted by Gasteiger charge is -2.12. The van der Waals surface area contributed by atoms with Crippen LogP contribution in [-0.2, 0) is 0 Å². The van der Waals surface area contributed by atoms with Gasteiger partial charge in [0.05, 0.1) is 25.1 Å². The highest BCUT2D eigenvalue weighted by Gasteiger charge is 2.22. The molecule has 2 aromatic carbocycles. The van der Waals surface area contributed by atoms with Crippen molar-refractivity contribution in [2.24, 2.45) is 5.10 Å². The minimum Gasteiger partial charge on any atom is -0.266 e. The lowest BCUT2D eigenvalue weighted by atomic mass is 10.2. The summed E-state index contributed by atoms with van der Waals surface area (Å²) >= 11 is 5.77. The predicted molar refractivity (Wildman–Crippen MR) is 112 cm³/mol. The van der Waals surface area contributed by atoms with Crippen LogP contribution in [-0.4, -0.2) is 17.1 Å². The van der Waals surface area contributed by atoms with E-state index in [1.807, 2.05) is 0 Å². The number of halogens is 3. The standard InChI is InChI=1S/C19H10BrF2N3OS2/c20-17-8-7-15(27-17)18(26)25(23-10-11-1-3-12(21)4-2-11)19-24-14-6-5-13(22)9-16(14)28-19/h1-10H/b23-10+. The Morgan fingerprint density at radius 3 is 2.50 bits per heavy atom. The van der Waals surface area contributed by atoms with Gasteiger partial charge in [0.2, 0.25) is 5.13 Å². The molecule has 4 nitrogen and oxygen atoms in total. The molecule has 0 atom stereocenters. The van der Waals surface area contributed by atoms with Gasteiger partial charge in [0.1, 0.15) is 11.6 Å². The number of hydrogen-bond donors (Lipinski definition) is 0. The second-order valence-electron chi connectivity index (χ2n) is 5.63. The van der Waals surface area contributed by atoms with Crippen molar-refractivity contribution in [1.82, 2.24) is 4.98 Å². The minimum absolute atomic E-state index is 0.313. The van der Waals surface area contributed by atoms with Gasteiger partial charge in [-0.1, -0.05) is 23.5 Å².